The summed E-state index contributed by atoms with van der Waals surface area (Å²) in [6.07, 6.45) is 2.35. The largest absolute Gasteiger partial charge is 0.379 e. The lowest BCUT2D eigenvalue weighted by Crippen LogP contribution is -2.45. The lowest BCUT2D eigenvalue weighted by molar-refractivity contribution is -0.0828. The molecule has 2 saturated heterocycles. The number of benzene rings is 1. The number of halogens is 3. The van der Waals surface area contributed by atoms with E-state index in [0.717, 1.165) is 31.4 Å². The quantitative estimate of drug-likeness (QED) is 0.908. The maximum absolute atomic E-state index is 13.8. The molecule has 6 heteroatoms. The first-order chi connectivity index (χ1) is 9.58. The molecule has 3 nitrogen and oxygen atoms in total. The molecule has 1 aromatic carbocycles. The fourth-order valence-electron chi connectivity index (χ4n) is 2.90. The molecule has 0 amide bonds. The number of rotatable bonds is 2. The van der Waals surface area contributed by atoms with Gasteiger partial charge in [-0.1, -0.05) is 11.6 Å². The molecule has 2 fully saturated rings. The molecule has 3 rings (SSSR count). The van der Waals surface area contributed by atoms with Gasteiger partial charge < -0.3 is 14.8 Å². The molecule has 0 aliphatic carbocycles. The van der Waals surface area contributed by atoms with Crippen molar-refractivity contribution in [2.75, 3.05) is 25.1 Å². The second-order valence-corrected chi connectivity index (χ2v) is 5.82. The molecular formula is C14H16ClF2NO2. The highest BCUT2D eigenvalue weighted by Crippen LogP contribution is 2.35. The molecule has 0 radical (unpaired) electrons. The summed E-state index contributed by atoms with van der Waals surface area (Å²) < 4.78 is 38.0. The van der Waals surface area contributed by atoms with Crippen LogP contribution in [0.3, 0.4) is 0 Å². The Bertz CT molecular complexity index is 483. The molecule has 20 heavy (non-hydrogen) atoms. The van der Waals surface area contributed by atoms with E-state index in [-0.39, 0.29) is 22.4 Å². The van der Waals surface area contributed by atoms with E-state index in [1.165, 1.54) is 0 Å². The highest BCUT2D eigenvalue weighted by Gasteiger charge is 2.41. The van der Waals surface area contributed by atoms with Gasteiger partial charge in [-0.2, -0.15) is 0 Å². The van der Waals surface area contributed by atoms with Gasteiger partial charge in [0.25, 0.3) is 0 Å². The van der Waals surface area contributed by atoms with Crippen LogP contribution in [0, 0.1) is 11.6 Å². The van der Waals surface area contributed by atoms with Gasteiger partial charge in [-0.3, -0.25) is 0 Å². The fraction of sp³-hybridized carbons (Fsp3) is 0.571. The Labute approximate surface area is 121 Å². The molecule has 2 aliphatic heterocycles. The predicted molar refractivity (Wildman–Crippen MR) is 72.1 cm³/mol. The molecule has 1 N–H and O–H groups in total. The number of hydrogen-bond donors (Lipinski definition) is 1. The number of ether oxygens (including phenoxy) is 2. The maximum atomic E-state index is 13.8. The van der Waals surface area contributed by atoms with Crippen LogP contribution in [0.2, 0.25) is 5.02 Å². The summed E-state index contributed by atoms with van der Waals surface area (Å²) in [6.45, 7) is 1.87. The van der Waals surface area contributed by atoms with E-state index in [4.69, 9.17) is 21.1 Å². The zero-order valence-electron chi connectivity index (χ0n) is 10.9. The molecule has 2 heterocycles. The Balaban J connectivity index is 1.74. The molecule has 1 spiro atoms. The molecule has 2 unspecified atom stereocenters. The van der Waals surface area contributed by atoms with Crippen LogP contribution in [-0.2, 0) is 9.47 Å². The van der Waals surface area contributed by atoms with Crippen LogP contribution < -0.4 is 5.32 Å². The molecule has 0 aromatic heterocycles. The minimum Gasteiger partial charge on any atom is -0.379 e. The molecule has 2 atom stereocenters. The minimum absolute atomic E-state index is 0.0444. The average molecular weight is 304 g/mol. The van der Waals surface area contributed by atoms with Crippen LogP contribution in [0.15, 0.2) is 12.1 Å². The topological polar surface area (TPSA) is 30.5 Å². The Morgan fingerprint density at radius 2 is 2.15 bits per heavy atom. The second kappa shape index (κ2) is 5.47. The summed E-state index contributed by atoms with van der Waals surface area (Å²) >= 11 is 5.91. The van der Waals surface area contributed by atoms with E-state index in [0.29, 0.717) is 19.8 Å². The lowest BCUT2D eigenvalue weighted by atomic mass is 9.89. The van der Waals surface area contributed by atoms with Gasteiger partial charge in [0.1, 0.15) is 5.82 Å². The standard InChI is InChI=1S/C14H16ClF2NO2/c15-11-5-9(16)6-12(17)13(11)18-10-1-3-20-14(7-10)2-4-19-8-14/h5-6,10,18H,1-4,7-8H2. The number of hydrogen-bond acceptors (Lipinski definition) is 3. The van der Waals surface area contributed by atoms with E-state index < -0.39 is 11.6 Å². The van der Waals surface area contributed by atoms with E-state index >= 15 is 0 Å². The molecular weight excluding hydrogens is 288 g/mol. The smallest absolute Gasteiger partial charge is 0.150 e. The third-order valence-corrected chi connectivity index (χ3v) is 4.21. The monoisotopic (exact) mass is 303 g/mol. The Morgan fingerprint density at radius 3 is 2.85 bits per heavy atom. The van der Waals surface area contributed by atoms with Crippen molar-refractivity contribution in [3.05, 3.63) is 28.8 Å². The van der Waals surface area contributed by atoms with Crippen LogP contribution >= 0.6 is 11.6 Å². The molecule has 0 saturated carbocycles. The predicted octanol–water partition coefficient (Wildman–Crippen LogP) is 3.37. The van der Waals surface area contributed by atoms with E-state index in [1.54, 1.807) is 0 Å². The first kappa shape index (κ1) is 14.0. The first-order valence-corrected chi connectivity index (χ1v) is 7.09. The van der Waals surface area contributed by atoms with Crippen LogP contribution in [0.25, 0.3) is 0 Å². The molecule has 2 aliphatic rings. The van der Waals surface area contributed by atoms with Crippen molar-refractivity contribution in [3.63, 3.8) is 0 Å². The van der Waals surface area contributed by atoms with Crippen LogP contribution in [0.4, 0.5) is 14.5 Å². The van der Waals surface area contributed by atoms with Gasteiger partial charge in [-0.15, -0.1) is 0 Å². The van der Waals surface area contributed by atoms with Crippen molar-refractivity contribution in [1.82, 2.24) is 0 Å². The third kappa shape index (κ3) is 2.75. The van der Waals surface area contributed by atoms with Gasteiger partial charge in [0.15, 0.2) is 5.82 Å². The zero-order chi connectivity index (χ0) is 14.2. The minimum atomic E-state index is -0.675. The highest BCUT2D eigenvalue weighted by molar-refractivity contribution is 6.33. The number of anilines is 1. The van der Waals surface area contributed by atoms with Crippen LogP contribution in [0.1, 0.15) is 19.3 Å². The summed E-state index contributed by atoms with van der Waals surface area (Å²) in [5, 5.41) is 3.15. The zero-order valence-corrected chi connectivity index (χ0v) is 11.7. The Morgan fingerprint density at radius 1 is 1.30 bits per heavy atom. The van der Waals surface area contributed by atoms with E-state index in [2.05, 4.69) is 5.32 Å². The van der Waals surface area contributed by atoms with Gasteiger partial charge in [-0.25, -0.2) is 8.78 Å². The fourth-order valence-corrected chi connectivity index (χ4v) is 3.15. The summed E-state index contributed by atoms with van der Waals surface area (Å²) in [6, 6.07) is 1.99. The van der Waals surface area contributed by atoms with Crippen molar-refractivity contribution in [2.24, 2.45) is 0 Å². The molecule has 1 aromatic rings. The number of nitrogens with one attached hydrogen (secondary N) is 1. The van der Waals surface area contributed by atoms with Gasteiger partial charge in [-0.05, 0) is 18.9 Å². The average Bonchev–Trinajstić information content (AvgIpc) is 2.82. The Hall–Kier alpha value is -0.910. The van der Waals surface area contributed by atoms with Gasteiger partial charge >= 0.3 is 0 Å². The van der Waals surface area contributed by atoms with Crippen molar-refractivity contribution >= 4 is 17.3 Å². The first-order valence-electron chi connectivity index (χ1n) is 6.71. The van der Waals surface area contributed by atoms with Crippen molar-refractivity contribution in [1.29, 1.82) is 0 Å². The van der Waals surface area contributed by atoms with Gasteiger partial charge in [0, 0.05) is 31.7 Å². The highest BCUT2D eigenvalue weighted by atomic mass is 35.5. The third-order valence-electron chi connectivity index (χ3n) is 3.92. The summed E-state index contributed by atoms with van der Waals surface area (Å²) in [5.41, 5.74) is -0.104. The molecule has 110 valence electrons. The Kier molecular flexibility index (Phi) is 3.84. The summed E-state index contributed by atoms with van der Waals surface area (Å²) in [4.78, 5) is 0. The van der Waals surface area contributed by atoms with Crippen LogP contribution in [0.5, 0.6) is 0 Å². The maximum Gasteiger partial charge on any atom is 0.150 e. The van der Waals surface area contributed by atoms with E-state index in [1.807, 2.05) is 0 Å². The van der Waals surface area contributed by atoms with Gasteiger partial charge in [0.05, 0.1) is 22.9 Å². The van der Waals surface area contributed by atoms with Crippen molar-refractivity contribution in [3.8, 4) is 0 Å². The van der Waals surface area contributed by atoms with Crippen molar-refractivity contribution in [2.45, 2.75) is 30.9 Å². The van der Waals surface area contributed by atoms with Gasteiger partial charge in [0.2, 0.25) is 0 Å². The van der Waals surface area contributed by atoms with Crippen LogP contribution in [-0.4, -0.2) is 31.5 Å². The lowest BCUT2D eigenvalue weighted by Gasteiger charge is -2.37. The molecule has 0 bridgehead atoms. The van der Waals surface area contributed by atoms with Crippen molar-refractivity contribution < 1.29 is 18.3 Å². The second-order valence-electron chi connectivity index (χ2n) is 5.41. The summed E-state index contributed by atoms with van der Waals surface area (Å²) in [5.74, 6) is -1.34. The SMILES string of the molecule is Fc1cc(F)c(NC2CCOC3(CCOC3)C2)c(Cl)c1. The van der Waals surface area contributed by atoms with E-state index in [9.17, 15) is 8.78 Å². The normalized spacial score (nSPS) is 29.9. The summed E-state index contributed by atoms with van der Waals surface area (Å²) in [7, 11) is 0.